The van der Waals surface area contributed by atoms with Gasteiger partial charge in [0.2, 0.25) is 0 Å². The summed E-state index contributed by atoms with van der Waals surface area (Å²) in [5, 5.41) is 4.25. The zero-order valence-corrected chi connectivity index (χ0v) is 12.8. The first kappa shape index (κ1) is 13.6. The summed E-state index contributed by atoms with van der Waals surface area (Å²) in [4.78, 5) is 5.85. The number of rotatable bonds is 2. The van der Waals surface area contributed by atoms with Gasteiger partial charge in [-0.05, 0) is 30.6 Å². The summed E-state index contributed by atoms with van der Waals surface area (Å²) < 4.78 is 0. The third-order valence-corrected chi connectivity index (χ3v) is 5.01. The van der Waals surface area contributed by atoms with Crippen LogP contribution >= 0.6 is 12.2 Å². The fourth-order valence-electron chi connectivity index (χ4n) is 3.39. The predicted octanol–water partition coefficient (Wildman–Crippen LogP) is 1.19. The van der Waals surface area contributed by atoms with Crippen molar-refractivity contribution in [3.8, 4) is 0 Å². The Morgan fingerprint density at radius 3 is 2.60 bits per heavy atom. The third kappa shape index (κ3) is 2.33. The fraction of sp³-hybridized carbons (Fsp3) is 0.500. The van der Waals surface area contributed by atoms with E-state index in [1.807, 2.05) is 0 Å². The minimum atomic E-state index is 0.0874. The summed E-state index contributed by atoms with van der Waals surface area (Å²) in [5.41, 5.74) is 1.39. The van der Waals surface area contributed by atoms with Crippen molar-refractivity contribution in [1.29, 1.82) is 0 Å². The molecule has 3 nitrogen and oxygen atoms in total. The van der Waals surface area contributed by atoms with Crippen LogP contribution in [-0.4, -0.2) is 28.4 Å². The molecule has 1 aromatic carbocycles. The Balaban J connectivity index is 1.85. The molecule has 20 heavy (non-hydrogen) atoms. The van der Waals surface area contributed by atoms with E-state index in [1.165, 1.54) is 43.5 Å². The van der Waals surface area contributed by atoms with Crippen molar-refractivity contribution in [2.24, 2.45) is 0 Å². The van der Waals surface area contributed by atoms with Gasteiger partial charge in [0.15, 0.2) is 0 Å². The van der Waals surface area contributed by atoms with Gasteiger partial charge in [-0.2, -0.15) is 0 Å². The number of amidine groups is 1. The molecule has 4 heteroatoms. The normalized spacial score (nSPS) is 23.4. The second kappa shape index (κ2) is 5.52. The van der Waals surface area contributed by atoms with E-state index >= 15 is 0 Å². The van der Waals surface area contributed by atoms with Crippen molar-refractivity contribution >= 4 is 23.2 Å². The first-order valence-electron chi connectivity index (χ1n) is 7.42. The molecule has 1 aliphatic carbocycles. The standard InChI is InChI=1S/C16H21N3S/c1-19-15(20)18-14(16(19)10-6-3-7-11-16)17-12-13-8-4-2-5-9-13/h2,4-5,8-9H,3,6-7,10-12H2,1H3,(H,17,18,20)/p+1. The molecule has 3 rings (SSSR count). The number of nitrogens with one attached hydrogen (secondary N) is 2. The lowest BCUT2D eigenvalue weighted by Gasteiger charge is -2.35. The van der Waals surface area contributed by atoms with Crippen molar-refractivity contribution in [3.63, 3.8) is 0 Å². The second-order valence-electron chi connectivity index (χ2n) is 5.80. The quantitative estimate of drug-likeness (QED) is 0.801. The van der Waals surface area contributed by atoms with Gasteiger partial charge in [0.05, 0.1) is 0 Å². The summed E-state index contributed by atoms with van der Waals surface area (Å²) in [6.45, 7) is 0.849. The van der Waals surface area contributed by atoms with Crippen molar-refractivity contribution in [3.05, 3.63) is 35.9 Å². The Kier molecular flexibility index (Phi) is 3.74. The van der Waals surface area contributed by atoms with E-state index in [-0.39, 0.29) is 5.54 Å². The Labute approximate surface area is 126 Å². The van der Waals surface area contributed by atoms with E-state index in [1.54, 1.807) is 0 Å². The lowest BCUT2D eigenvalue weighted by molar-refractivity contribution is -0.480. The van der Waals surface area contributed by atoms with Gasteiger partial charge in [0, 0.05) is 7.05 Å². The van der Waals surface area contributed by atoms with Gasteiger partial charge in [-0.3, -0.25) is 4.99 Å². The summed E-state index contributed by atoms with van der Waals surface area (Å²) >= 11 is 5.46. The fourth-order valence-corrected chi connectivity index (χ4v) is 3.66. The Morgan fingerprint density at radius 1 is 1.20 bits per heavy atom. The van der Waals surface area contributed by atoms with E-state index in [0.29, 0.717) is 0 Å². The van der Waals surface area contributed by atoms with Crippen LogP contribution in [0.25, 0.3) is 0 Å². The lowest BCUT2D eigenvalue weighted by atomic mass is 9.80. The molecular formula is C16H22N3S+. The molecule has 0 amide bonds. The molecule has 2 N–H and O–H groups in total. The lowest BCUT2D eigenvalue weighted by Crippen LogP contribution is -2.78. The molecule has 0 aromatic heterocycles. The molecule has 1 saturated carbocycles. The SMILES string of the molecule is CN1C(=S)NC(=[NH+]Cc2ccccc2)C12CCCCC2. The highest BCUT2D eigenvalue weighted by molar-refractivity contribution is 7.80. The summed E-state index contributed by atoms with van der Waals surface area (Å²) in [6, 6.07) is 10.5. The summed E-state index contributed by atoms with van der Waals surface area (Å²) in [6.07, 6.45) is 6.28. The maximum atomic E-state index is 5.46. The van der Waals surface area contributed by atoms with E-state index in [9.17, 15) is 0 Å². The molecular weight excluding hydrogens is 266 g/mol. The minimum Gasteiger partial charge on any atom is -0.316 e. The molecule has 1 aromatic rings. The number of hydrogen-bond donors (Lipinski definition) is 2. The van der Waals surface area contributed by atoms with E-state index in [0.717, 1.165) is 11.7 Å². The van der Waals surface area contributed by atoms with E-state index in [2.05, 4.69) is 52.6 Å². The van der Waals surface area contributed by atoms with Crippen molar-refractivity contribution in [2.45, 2.75) is 44.2 Å². The smallest absolute Gasteiger partial charge is 0.276 e. The van der Waals surface area contributed by atoms with Crippen molar-refractivity contribution in [1.82, 2.24) is 10.2 Å². The monoisotopic (exact) mass is 288 g/mol. The average molecular weight is 288 g/mol. The van der Waals surface area contributed by atoms with Crippen LogP contribution in [-0.2, 0) is 6.54 Å². The highest BCUT2D eigenvalue weighted by Crippen LogP contribution is 2.35. The van der Waals surface area contributed by atoms with Gasteiger partial charge in [-0.25, -0.2) is 5.32 Å². The van der Waals surface area contributed by atoms with Gasteiger partial charge >= 0.3 is 0 Å². The third-order valence-electron chi connectivity index (χ3n) is 4.64. The van der Waals surface area contributed by atoms with Crippen LogP contribution in [0.2, 0.25) is 0 Å². The topological polar surface area (TPSA) is 29.2 Å². The molecule has 0 radical (unpaired) electrons. The summed E-state index contributed by atoms with van der Waals surface area (Å²) in [5.74, 6) is 1.20. The molecule has 1 saturated heterocycles. The molecule has 1 spiro atoms. The van der Waals surface area contributed by atoms with E-state index < -0.39 is 0 Å². The number of likely N-dealkylation sites (N-methyl/N-ethyl adjacent to an activating group) is 1. The van der Waals surface area contributed by atoms with Crippen molar-refractivity contribution < 1.29 is 4.99 Å². The maximum Gasteiger partial charge on any atom is 0.276 e. The van der Waals surface area contributed by atoms with Crippen LogP contribution in [0.5, 0.6) is 0 Å². The largest absolute Gasteiger partial charge is 0.316 e. The number of thiocarbonyl (C=S) groups is 1. The van der Waals surface area contributed by atoms with Crippen LogP contribution in [0.4, 0.5) is 0 Å². The molecule has 0 unspecified atom stereocenters. The molecule has 2 fully saturated rings. The van der Waals surface area contributed by atoms with Gasteiger partial charge in [0.1, 0.15) is 12.1 Å². The second-order valence-corrected chi connectivity index (χ2v) is 6.18. The number of benzene rings is 1. The highest BCUT2D eigenvalue weighted by Gasteiger charge is 2.52. The molecule has 106 valence electrons. The van der Waals surface area contributed by atoms with Crippen LogP contribution in [0.15, 0.2) is 30.3 Å². The Bertz CT molecular complexity index is 518. The first-order chi connectivity index (χ1) is 9.72. The average Bonchev–Trinajstić information content (AvgIpc) is 2.72. The van der Waals surface area contributed by atoms with E-state index in [4.69, 9.17) is 12.2 Å². The van der Waals surface area contributed by atoms with Gasteiger partial charge in [-0.15, -0.1) is 0 Å². The first-order valence-corrected chi connectivity index (χ1v) is 7.83. The zero-order valence-electron chi connectivity index (χ0n) is 12.0. The maximum absolute atomic E-state index is 5.46. The van der Waals surface area contributed by atoms with Crippen LogP contribution in [0.1, 0.15) is 37.7 Å². The van der Waals surface area contributed by atoms with Crippen LogP contribution in [0, 0.1) is 0 Å². The molecule has 1 heterocycles. The minimum absolute atomic E-state index is 0.0874. The number of nitrogens with zero attached hydrogens (tertiary/aromatic N) is 1. The predicted molar refractivity (Wildman–Crippen MR) is 85.4 cm³/mol. The Hall–Kier alpha value is -1.42. The van der Waals surface area contributed by atoms with Gasteiger partial charge in [-0.1, -0.05) is 49.6 Å². The summed E-state index contributed by atoms with van der Waals surface area (Å²) in [7, 11) is 2.12. The molecule has 0 atom stereocenters. The molecule has 1 aliphatic heterocycles. The van der Waals surface area contributed by atoms with Crippen molar-refractivity contribution in [2.75, 3.05) is 7.05 Å². The van der Waals surface area contributed by atoms with Crippen LogP contribution < -0.4 is 10.3 Å². The molecule has 2 aliphatic rings. The molecule has 0 bridgehead atoms. The Morgan fingerprint density at radius 2 is 1.90 bits per heavy atom. The highest BCUT2D eigenvalue weighted by atomic mass is 32.1. The van der Waals surface area contributed by atoms with Gasteiger partial charge in [0.25, 0.3) is 10.9 Å². The van der Waals surface area contributed by atoms with Gasteiger partial charge < -0.3 is 4.90 Å². The zero-order chi connectivity index (χ0) is 14.0. The number of hydrogen-bond acceptors (Lipinski definition) is 1. The van der Waals surface area contributed by atoms with Crippen LogP contribution in [0.3, 0.4) is 0 Å².